The third kappa shape index (κ3) is 4.48. The van der Waals surface area contributed by atoms with Crippen molar-refractivity contribution in [1.29, 1.82) is 0 Å². The van der Waals surface area contributed by atoms with Gasteiger partial charge in [-0.25, -0.2) is 9.89 Å². The minimum Gasteiger partial charge on any atom is -0.387 e. The molecule has 0 bridgehead atoms. The van der Waals surface area contributed by atoms with Crippen LogP contribution in [0.4, 0.5) is 11.4 Å². The van der Waals surface area contributed by atoms with E-state index in [1.165, 1.54) is 42.5 Å². The normalized spacial score (nSPS) is 39.9. The number of amidine groups is 1. The van der Waals surface area contributed by atoms with E-state index in [1.54, 1.807) is 0 Å². The highest BCUT2D eigenvalue weighted by molar-refractivity contribution is 5.94. The van der Waals surface area contributed by atoms with Crippen LogP contribution in [0, 0.1) is 5.92 Å². The number of hydrogen-bond donors (Lipinski definition) is 6. The Kier molecular flexibility index (Phi) is 6.33. The standard InChI is InChI=1S/C27H40N8O3/c1-34(11-20-23(36)24(37)27(38-20)35-13-31-22-25(28)29-12-30-26(22)35)17-8-14(9-17)2-7-21-32-18-6-5-16(15-3-4-15)10-19(18)33-21/h5-6,10,12,14-15,17,20-24,26-27,31-33,36-37H,2-4,7-9,11,13H2,1H3,(H2,28,29,30)/t14?,17?,20-,21?,22?,23-,24-,26?,27-/m1/s1. The molecule has 206 valence electrons. The number of aliphatic hydroxyl groups is 2. The molecule has 0 aromatic heterocycles. The lowest BCUT2D eigenvalue weighted by Gasteiger charge is -2.42. The Morgan fingerprint density at radius 1 is 1.13 bits per heavy atom. The van der Waals surface area contributed by atoms with Crippen LogP contribution in [0.2, 0.25) is 0 Å². The van der Waals surface area contributed by atoms with Crippen molar-refractivity contribution in [2.75, 3.05) is 30.9 Å². The Labute approximate surface area is 223 Å². The Morgan fingerprint density at radius 2 is 1.95 bits per heavy atom. The van der Waals surface area contributed by atoms with Crippen LogP contribution in [0.1, 0.15) is 50.0 Å². The quantitative estimate of drug-likeness (QED) is 0.288. The van der Waals surface area contributed by atoms with Crippen molar-refractivity contribution >= 4 is 23.5 Å². The van der Waals surface area contributed by atoms with Gasteiger partial charge < -0.3 is 36.2 Å². The number of aliphatic hydroxyl groups excluding tert-OH is 2. The number of hydrogen-bond acceptors (Lipinski definition) is 11. The van der Waals surface area contributed by atoms with E-state index < -0.39 is 24.5 Å². The molecule has 11 heteroatoms. The average Bonchev–Trinajstić information content (AvgIpc) is 3.42. The molecule has 6 aliphatic rings. The monoisotopic (exact) mass is 524 g/mol. The molecule has 7 atom stereocenters. The lowest BCUT2D eigenvalue weighted by molar-refractivity contribution is -0.100. The first-order chi connectivity index (χ1) is 18.4. The molecular formula is C27H40N8O3. The topological polar surface area (TPSA) is 143 Å². The van der Waals surface area contributed by atoms with Gasteiger partial charge in [0.1, 0.15) is 48.9 Å². The average molecular weight is 525 g/mol. The Bertz CT molecular complexity index is 1110. The van der Waals surface area contributed by atoms with Gasteiger partial charge >= 0.3 is 0 Å². The smallest absolute Gasteiger partial charge is 0.142 e. The van der Waals surface area contributed by atoms with E-state index in [-0.39, 0.29) is 12.2 Å². The molecule has 0 radical (unpaired) electrons. The molecule has 3 unspecified atom stereocenters. The van der Waals surface area contributed by atoms with Gasteiger partial charge in [0.2, 0.25) is 0 Å². The molecular weight excluding hydrogens is 484 g/mol. The summed E-state index contributed by atoms with van der Waals surface area (Å²) < 4.78 is 6.22. The summed E-state index contributed by atoms with van der Waals surface area (Å²) in [7, 11) is 2.10. The van der Waals surface area contributed by atoms with E-state index in [0.29, 0.717) is 37.2 Å². The van der Waals surface area contributed by atoms with Crippen molar-refractivity contribution in [1.82, 2.24) is 15.1 Å². The van der Waals surface area contributed by atoms with Gasteiger partial charge in [0.15, 0.2) is 0 Å². The van der Waals surface area contributed by atoms with Crippen molar-refractivity contribution in [3.8, 4) is 0 Å². The molecule has 1 aromatic carbocycles. The maximum absolute atomic E-state index is 10.8. The number of nitrogens with one attached hydrogen (secondary N) is 3. The van der Waals surface area contributed by atoms with Crippen molar-refractivity contribution in [2.24, 2.45) is 21.6 Å². The molecule has 0 spiro atoms. The number of anilines is 2. The highest BCUT2D eigenvalue weighted by Crippen LogP contribution is 2.43. The van der Waals surface area contributed by atoms with Crippen molar-refractivity contribution in [3.05, 3.63) is 23.8 Å². The van der Waals surface area contributed by atoms with Gasteiger partial charge in [0.05, 0.1) is 24.2 Å². The van der Waals surface area contributed by atoms with E-state index in [4.69, 9.17) is 10.5 Å². The maximum atomic E-state index is 10.8. The summed E-state index contributed by atoms with van der Waals surface area (Å²) in [5.41, 5.74) is 9.96. The van der Waals surface area contributed by atoms with E-state index >= 15 is 0 Å². The van der Waals surface area contributed by atoms with Crippen molar-refractivity contribution < 1.29 is 14.9 Å². The molecule has 1 aromatic rings. The number of aliphatic imine (C=N–C) groups is 2. The van der Waals surface area contributed by atoms with Crippen LogP contribution in [0.15, 0.2) is 28.2 Å². The first kappa shape index (κ1) is 24.7. The predicted octanol–water partition coefficient (Wildman–Crippen LogP) is 0.621. The minimum absolute atomic E-state index is 0.203. The molecule has 4 aliphatic heterocycles. The fraction of sp³-hybridized carbons (Fsp3) is 0.704. The van der Waals surface area contributed by atoms with E-state index in [1.807, 2.05) is 4.90 Å². The van der Waals surface area contributed by atoms with E-state index in [0.717, 1.165) is 25.2 Å². The van der Waals surface area contributed by atoms with Crippen LogP contribution in [-0.2, 0) is 4.74 Å². The van der Waals surface area contributed by atoms with Gasteiger partial charge in [-0.15, -0.1) is 0 Å². The highest BCUT2D eigenvalue weighted by atomic mass is 16.6. The third-order valence-electron chi connectivity index (χ3n) is 9.46. The number of nitrogens with two attached hydrogens (primary N) is 1. The van der Waals surface area contributed by atoms with Crippen LogP contribution in [0.25, 0.3) is 0 Å². The zero-order valence-corrected chi connectivity index (χ0v) is 21.9. The second-order valence-corrected chi connectivity index (χ2v) is 12.1. The third-order valence-corrected chi connectivity index (χ3v) is 9.46. The zero-order chi connectivity index (χ0) is 26.0. The van der Waals surface area contributed by atoms with Crippen LogP contribution < -0.4 is 21.7 Å². The van der Waals surface area contributed by atoms with Crippen molar-refractivity contribution in [2.45, 2.75) is 93.4 Å². The summed E-state index contributed by atoms with van der Waals surface area (Å²) >= 11 is 0. The molecule has 4 fully saturated rings. The molecule has 4 heterocycles. The highest BCUT2D eigenvalue weighted by Gasteiger charge is 2.51. The van der Waals surface area contributed by atoms with Gasteiger partial charge in [-0.05, 0) is 75.1 Å². The number of ether oxygens (including phenoxy) is 1. The summed E-state index contributed by atoms with van der Waals surface area (Å²) in [6, 6.07) is 7.12. The van der Waals surface area contributed by atoms with Crippen LogP contribution in [-0.4, -0.2) is 101 Å². The Hall–Kier alpha value is -2.28. The van der Waals surface area contributed by atoms with Crippen molar-refractivity contribution in [3.63, 3.8) is 0 Å². The van der Waals surface area contributed by atoms with Gasteiger partial charge in [-0.1, -0.05) is 6.07 Å². The molecule has 0 amide bonds. The number of rotatable bonds is 8. The fourth-order valence-electron chi connectivity index (χ4n) is 6.83. The minimum atomic E-state index is -1.01. The Morgan fingerprint density at radius 3 is 2.76 bits per heavy atom. The first-order valence-corrected chi connectivity index (χ1v) is 14.2. The first-order valence-electron chi connectivity index (χ1n) is 14.2. The van der Waals surface area contributed by atoms with E-state index in [2.05, 4.69) is 56.1 Å². The molecule has 2 aliphatic carbocycles. The van der Waals surface area contributed by atoms with Crippen LogP contribution in [0.3, 0.4) is 0 Å². The lowest BCUT2D eigenvalue weighted by atomic mass is 9.76. The molecule has 2 saturated carbocycles. The fourth-order valence-corrected chi connectivity index (χ4v) is 6.83. The Balaban J connectivity index is 0.861. The van der Waals surface area contributed by atoms with Gasteiger partial charge in [0, 0.05) is 12.6 Å². The number of benzene rings is 1. The second-order valence-electron chi connectivity index (χ2n) is 12.1. The predicted molar refractivity (Wildman–Crippen MR) is 146 cm³/mol. The maximum Gasteiger partial charge on any atom is 0.142 e. The summed E-state index contributed by atoms with van der Waals surface area (Å²) in [5.74, 6) is 1.97. The van der Waals surface area contributed by atoms with Crippen LogP contribution >= 0.6 is 0 Å². The van der Waals surface area contributed by atoms with Gasteiger partial charge in [-0.3, -0.25) is 10.3 Å². The molecule has 7 N–H and O–H groups in total. The number of nitrogens with zero attached hydrogens (tertiary/aromatic N) is 4. The van der Waals surface area contributed by atoms with E-state index in [9.17, 15) is 10.2 Å². The molecule has 7 rings (SSSR count). The SMILES string of the molecule is CN(C[C@H]1O[C@@H](N2CNC3C(N)=NC=NC32)[C@H](O)[C@@H]1O)C1CC(CCC2Nc3ccc(C4CC4)cc3N2)C1. The molecule has 11 nitrogen and oxygen atoms in total. The molecule has 2 saturated heterocycles. The number of likely N-dealkylation sites (N-methyl/N-ethyl adjacent to an activating group) is 1. The summed E-state index contributed by atoms with van der Waals surface area (Å²) in [4.78, 5) is 12.7. The second kappa shape index (κ2) is 9.72. The van der Waals surface area contributed by atoms with Crippen LogP contribution in [0.5, 0.6) is 0 Å². The lowest BCUT2D eigenvalue weighted by Crippen LogP contribution is -2.51. The summed E-state index contributed by atoms with van der Waals surface area (Å²) in [6.07, 6.45) is 5.70. The summed E-state index contributed by atoms with van der Waals surface area (Å²) in [6.45, 7) is 1.04. The molecule has 38 heavy (non-hydrogen) atoms. The van der Waals surface area contributed by atoms with Gasteiger partial charge in [-0.2, -0.15) is 0 Å². The zero-order valence-electron chi connectivity index (χ0n) is 21.9. The number of fused-ring (bicyclic) bond motifs is 2. The largest absolute Gasteiger partial charge is 0.387 e. The van der Waals surface area contributed by atoms with Gasteiger partial charge in [0.25, 0.3) is 0 Å². The summed E-state index contributed by atoms with van der Waals surface area (Å²) in [5, 5.41) is 32.2.